The Hall–Kier alpha value is 0.139. The second-order valence-electron chi connectivity index (χ2n) is 15.2. The van der Waals surface area contributed by atoms with Gasteiger partial charge < -0.3 is 15.3 Å². The molecule has 56 heavy (non-hydrogen) atoms. The molecule has 0 aromatic carbocycles. The van der Waals surface area contributed by atoms with Crippen molar-refractivity contribution >= 4 is 72.8 Å². The Labute approximate surface area is 361 Å². The van der Waals surface area contributed by atoms with Crippen molar-refractivity contribution in [3.8, 4) is 0 Å². The van der Waals surface area contributed by atoms with Crippen molar-refractivity contribution in [1.82, 2.24) is 0 Å². The predicted octanol–water partition coefficient (Wildman–Crippen LogP) is 11.1. The van der Waals surface area contributed by atoms with Gasteiger partial charge in [0.1, 0.15) is 0 Å². The van der Waals surface area contributed by atoms with Gasteiger partial charge in [-0.15, -0.1) is 0 Å². The van der Waals surface area contributed by atoms with E-state index in [0.29, 0.717) is 19.8 Å². The Morgan fingerprint density at radius 2 is 0.518 bits per heavy atom. The summed E-state index contributed by atoms with van der Waals surface area (Å²) in [6, 6.07) is 0. The van der Waals surface area contributed by atoms with Crippen molar-refractivity contribution < 1.29 is 38.9 Å². The fourth-order valence-electron chi connectivity index (χ4n) is 6.43. The van der Waals surface area contributed by atoms with Crippen molar-refractivity contribution in [3.05, 3.63) is 0 Å². The number of aliphatic hydroxyl groups is 3. The van der Waals surface area contributed by atoms with E-state index >= 15 is 0 Å². The molecule has 0 aromatic heterocycles. The molecule has 0 saturated heterocycles. The summed E-state index contributed by atoms with van der Waals surface area (Å²) in [5.41, 5.74) is 0. The number of hydrogen-bond donors (Lipinski definition) is 3. The summed E-state index contributed by atoms with van der Waals surface area (Å²) in [6.45, 7) is 0.885. The molecule has 0 rings (SSSR count). The molecule has 0 aromatic rings. The molecule has 13 heteroatoms. The van der Waals surface area contributed by atoms with Crippen LogP contribution in [-0.4, -0.2) is 107 Å². The molecule has 0 unspecified atom stereocenters. The molecule has 0 bridgehead atoms. The van der Waals surface area contributed by atoms with Gasteiger partial charge in [0.15, 0.2) is 0 Å². The van der Waals surface area contributed by atoms with Crippen LogP contribution >= 0.6 is 35.3 Å². The van der Waals surface area contributed by atoms with E-state index in [9.17, 15) is 14.4 Å². The normalized spacial score (nSPS) is 11.6. The Morgan fingerprint density at radius 3 is 0.714 bits per heavy atom. The van der Waals surface area contributed by atoms with Crippen molar-refractivity contribution in [2.45, 2.75) is 198 Å². The average molecular weight is 960 g/mol. The molecular weight excluding hydrogens is 875 g/mol. The standard InChI is InChI=1S/3C14H28O3S.CH3.Sn/c3*15-11-9-7-5-3-1-2-4-6-8-10-12-18-13-14(16)17;;/h3*15H,1-13H2,(H,16,17);1H3;/q;;;;+3/p-3. The van der Waals surface area contributed by atoms with E-state index in [1.54, 1.807) is 4.94 Å². The topological polar surface area (TPSA) is 140 Å². The van der Waals surface area contributed by atoms with Gasteiger partial charge in [0, 0.05) is 19.8 Å². The van der Waals surface area contributed by atoms with Gasteiger partial charge in [0.25, 0.3) is 0 Å². The number of thioether (sulfide) groups is 3. The number of hydrogen-bond acceptors (Lipinski definition) is 12. The molecule has 9 nitrogen and oxygen atoms in total. The maximum absolute atomic E-state index is 12.9. The summed E-state index contributed by atoms with van der Waals surface area (Å²) in [7, 11) is 0. The summed E-state index contributed by atoms with van der Waals surface area (Å²) >= 11 is -0.249. The minimum absolute atomic E-state index is 0.145. The fraction of sp³-hybridized carbons (Fsp3) is 0.930. The van der Waals surface area contributed by atoms with E-state index < -0.39 is 37.5 Å². The molecule has 0 aliphatic rings. The first-order valence-electron chi connectivity index (χ1n) is 22.6. The SMILES string of the molecule is [CH3][Sn]([O]C(=O)CSCCCCCCCCCCCCO)([O]C(=O)CSCCCCCCCCCCCCO)[O]C(=O)CSCCCCCCCCCCCCO. The molecule has 332 valence electrons. The minimum atomic E-state index is -4.79. The molecule has 0 spiro atoms. The van der Waals surface area contributed by atoms with E-state index in [4.69, 9.17) is 24.5 Å². The molecule has 0 heterocycles. The Balaban J connectivity index is 4.48. The van der Waals surface area contributed by atoms with Crippen LogP contribution < -0.4 is 0 Å². The Kier molecular flexibility index (Phi) is 44.8. The third-order valence-electron chi connectivity index (χ3n) is 9.65. The van der Waals surface area contributed by atoms with Crippen molar-refractivity contribution in [3.63, 3.8) is 0 Å². The third kappa shape index (κ3) is 42.3. The first-order chi connectivity index (χ1) is 27.4. The number of carbonyl (C=O) groups excluding carboxylic acids is 3. The maximum atomic E-state index is 12.9. The monoisotopic (exact) mass is 960 g/mol. The van der Waals surface area contributed by atoms with Crippen molar-refractivity contribution in [1.29, 1.82) is 0 Å². The summed E-state index contributed by atoms with van der Waals surface area (Å²) in [6.07, 6.45) is 34.7. The zero-order valence-corrected chi connectivity index (χ0v) is 40.9. The molecule has 0 aliphatic heterocycles. The van der Waals surface area contributed by atoms with Gasteiger partial charge in [0.2, 0.25) is 0 Å². The van der Waals surface area contributed by atoms with Crippen LogP contribution in [0.2, 0.25) is 4.94 Å². The van der Waals surface area contributed by atoms with Gasteiger partial charge in [-0.3, -0.25) is 0 Å². The van der Waals surface area contributed by atoms with Gasteiger partial charge in [-0.2, -0.15) is 0 Å². The van der Waals surface area contributed by atoms with Crippen LogP contribution in [0.3, 0.4) is 0 Å². The van der Waals surface area contributed by atoms with E-state index in [1.807, 2.05) is 0 Å². The van der Waals surface area contributed by atoms with Crippen LogP contribution in [0, 0.1) is 0 Å². The second kappa shape index (κ2) is 44.7. The number of rotatable bonds is 45. The molecule has 0 saturated carbocycles. The quantitative estimate of drug-likeness (QED) is 0.0395. The zero-order chi connectivity index (χ0) is 41.1. The number of aliphatic hydroxyl groups excluding tert-OH is 3. The van der Waals surface area contributed by atoms with Crippen LogP contribution in [-0.2, 0) is 23.6 Å². The molecule has 3 N–H and O–H groups in total. The van der Waals surface area contributed by atoms with Crippen molar-refractivity contribution in [2.75, 3.05) is 54.3 Å². The Bertz CT molecular complexity index is 780. The van der Waals surface area contributed by atoms with Crippen LogP contribution in [0.25, 0.3) is 0 Å². The predicted molar refractivity (Wildman–Crippen MR) is 242 cm³/mol. The van der Waals surface area contributed by atoms with E-state index in [1.165, 1.54) is 151 Å². The summed E-state index contributed by atoms with van der Waals surface area (Å²) < 4.78 is 17.2. The average Bonchev–Trinajstić information content (AvgIpc) is 3.17. The summed E-state index contributed by atoms with van der Waals surface area (Å²) in [5.74, 6) is 1.55. The van der Waals surface area contributed by atoms with E-state index in [2.05, 4.69) is 0 Å². The van der Waals surface area contributed by atoms with Crippen LogP contribution in [0.4, 0.5) is 0 Å². The molecule has 0 amide bonds. The summed E-state index contributed by atoms with van der Waals surface area (Å²) in [5, 5.41) is 26.6. The minimum Gasteiger partial charge on any atom is -0.396 e. The van der Waals surface area contributed by atoms with Gasteiger partial charge in [-0.05, 0) is 19.3 Å². The number of carbonyl (C=O) groups is 3. The van der Waals surface area contributed by atoms with Gasteiger partial charge in [0.05, 0.1) is 0 Å². The molecule has 0 atom stereocenters. The van der Waals surface area contributed by atoms with Crippen molar-refractivity contribution in [2.24, 2.45) is 0 Å². The molecule has 0 aliphatic carbocycles. The van der Waals surface area contributed by atoms with Crippen LogP contribution in [0.1, 0.15) is 193 Å². The fourth-order valence-corrected chi connectivity index (χ4v) is 14.2. The van der Waals surface area contributed by atoms with E-state index in [0.717, 1.165) is 94.3 Å². The zero-order valence-electron chi connectivity index (χ0n) is 35.6. The van der Waals surface area contributed by atoms with E-state index in [-0.39, 0.29) is 17.3 Å². The van der Waals surface area contributed by atoms with Gasteiger partial charge in [-0.25, -0.2) is 0 Å². The molecule has 0 radical (unpaired) electrons. The molecular formula is C43H84O9S3Sn. The smallest absolute Gasteiger partial charge is 0.396 e. The van der Waals surface area contributed by atoms with Crippen LogP contribution in [0.15, 0.2) is 0 Å². The Morgan fingerprint density at radius 1 is 0.339 bits per heavy atom. The second-order valence-corrected chi connectivity index (χ2v) is 25.2. The number of unbranched alkanes of at least 4 members (excludes halogenated alkanes) is 27. The summed E-state index contributed by atoms with van der Waals surface area (Å²) in [4.78, 5) is 40.2. The molecule has 0 fully saturated rings. The van der Waals surface area contributed by atoms with Crippen LogP contribution in [0.5, 0.6) is 0 Å². The third-order valence-corrected chi connectivity index (χ3v) is 17.8. The first kappa shape index (κ1) is 56.1. The van der Waals surface area contributed by atoms with Gasteiger partial charge in [-0.1, -0.05) is 38.5 Å². The van der Waals surface area contributed by atoms with Gasteiger partial charge >= 0.3 is 271 Å². The first-order valence-corrected chi connectivity index (χ1v) is 32.4.